The van der Waals surface area contributed by atoms with Gasteiger partial charge in [-0.05, 0) is 6.07 Å². The maximum atomic E-state index is 11.1. The minimum atomic E-state index is -0.442. The number of aryl methyl sites for hydroxylation is 1. The van der Waals surface area contributed by atoms with Gasteiger partial charge in [-0.2, -0.15) is 5.10 Å². The van der Waals surface area contributed by atoms with Gasteiger partial charge in [0.25, 0.3) is 5.69 Å². The summed E-state index contributed by atoms with van der Waals surface area (Å²) in [5, 5.41) is 15.2. The van der Waals surface area contributed by atoms with Crippen LogP contribution in [0.1, 0.15) is 25.7 Å². The molecular weight excluding hydrogens is 322 g/mol. The molecule has 8 nitrogen and oxygen atoms in total. The molecule has 0 unspecified atom stereocenters. The van der Waals surface area contributed by atoms with Gasteiger partial charge in [0.2, 0.25) is 5.88 Å². The van der Waals surface area contributed by atoms with E-state index in [-0.39, 0.29) is 5.69 Å². The Morgan fingerprint density at radius 2 is 2.08 bits per heavy atom. The van der Waals surface area contributed by atoms with Gasteiger partial charge in [-0.25, -0.2) is 4.98 Å². The van der Waals surface area contributed by atoms with Crippen molar-refractivity contribution in [2.45, 2.75) is 37.8 Å². The number of quaternary nitrogens is 1. The second-order valence-electron chi connectivity index (χ2n) is 6.87. The number of ether oxygens (including phenoxy) is 1. The number of pyridine rings is 1. The molecule has 1 N–H and O–H groups in total. The number of nitro groups is 1. The van der Waals surface area contributed by atoms with E-state index in [4.69, 9.17) is 4.74 Å². The molecule has 2 fully saturated rings. The summed E-state index contributed by atoms with van der Waals surface area (Å²) < 4.78 is 7.61. The third kappa shape index (κ3) is 2.97. The first-order valence-corrected chi connectivity index (χ1v) is 8.74. The molecule has 0 spiro atoms. The first-order valence-electron chi connectivity index (χ1n) is 8.74. The molecule has 2 aromatic heterocycles. The summed E-state index contributed by atoms with van der Waals surface area (Å²) in [5.74, 6) is 0.431. The fourth-order valence-electron chi connectivity index (χ4n) is 4.32. The predicted molar refractivity (Wildman–Crippen MR) is 90.5 cm³/mol. The van der Waals surface area contributed by atoms with Crippen LogP contribution in [0.3, 0.4) is 0 Å². The number of aromatic nitrogens is 3. The number of fused-ring (bicyclic) bond motifs is 2. The third-order valence-corrected chi connectivity index (χ3v) is 5.55. The molecule has 2 aromatic rings. The van der Waals surface area contributed by atoms with Crippen LogP contribution in [0, 0.1) is 10.1 Å². The van der Waals surface area contributed by atoms with Gasteiger partial charge < -0.3 is 9.64 Å². The van der Waals surface area contributed by atoms with E-state index in [0.29, 0.717) is 18.1 Å². The van der Waals surface area contributed by atoms with Crippen molar-refractivity contribution in [3.63, 3.8) is 0 Å². The smallest absolute Gasteiger partial charge is 0.288 e. The van der Waals surface area contributed by atoms with E-state index >= 15 is 0 Å². The van der Waals surface area contributed by atoms with Crippen LogP contribution in [-0.2, 0) is 7.05 Å². The number of hydrogen-bond acceptors (Lipinski definition) is 5. The summed E-state index contributed by atoms with van der Waals surface area (Å²) in [5.41, 5.74) is 1.31. The molecule has 2 bridgehead atoms. The predicted octanol–water partition coefficient (Wildman–Crippen LogP) is 0.979. The molecule has 0 aromatic carbocycles. The van der Waals surface area contributed by atoms with Crippen LogP contribution in [0.2, 0.25) is 0 Å². The van der Waals surface area contributed by atoms with Crippen LogP contribution in [-0.4, -0.2) is 44.9 Å². The molecule has 4 heterocycles. The fourth-order valence-corrected chi connectivity index (χ4v) is 4.32. The highest BCUT2D eigenvalue weighted by Crippen LogP contribution is 2.31. The summed E-state index contributed by atoms with van der Waals surface area (Å²) in [6.45, 7) is 1.52. The van der Waals surface area contributed by atoms with Crippen molar-refractivity contribution in [1.29, 1.82) is 0 Å². The van der Waals surface area contributed by atoms with Gasteiger partial charge >= 0.3 is 0 Å². The Bertz CT molecular complexity index is 770. The molecule has 4 rings (SSSR count). The van der Waals surface area contributed by atoms with Crippen LogP contribution < -0.4 is 9.64 Å². The van der Waals surface area contributed by atoms with Crippen molar-refractivity contribution < 1.29 is 14.6 Å². The highest BCUT2D eigenvalue weighted by atomic mass is 16.6. The molecule has 0 atom stereocenters. The van der Waals surface area contributed by atoms with Crippen LogP contribution in [0.4, 0.5) is 5.69 Å². The first kappa shape index (κ1) is 16.0. The van der Waals surface area contributed by atoms with Crippen molar-refractivity contribution in [1.82, 2.24) is 14.8 Å². The molecule has 0 saturated carbocycles. The lowest BCUT2D eigenvalue weighted by Crippen LogP contribution is -3.15. The Morgan fingerprint density at radius 3 is 2.68 bits per heavy atom. The standard InChI is InChI=1S/C17H21N5O3/c1-20-16(6-7-19-20)15-10-14(22(23)24)11-18-17(15)25-9-8-21-12-2-3-13(21)5-4-12/h6-7,10-13H,2-5,8-9H2,1H3/p+1. The minimum absolute atomic E-state index is 0.0493. The van der Waals surface area contributed by atoms with Crippen molar-refractivity contribution in [2.75, 3.05) is 13.2 Å². The van der Waals surface area contributed by atoms with Crippen molar-refractivity contribution in [3.05, 3.63) is 34.6 Å². The molecular formula is C17H22N5O3+. The maximum Gasteiger partial charge on any atom is 0.288 e. The average molecular weight is 344 g/mol. The summed E-state index contributed by atoms with van der Waals surface area (Å²) in [6, 6.07) is 4.88. The molecule has 25 heavy (non-hydrogen) atoms. The summed E-state index contributed by atoms with van der Waals surface area (Å²) >= 11 is 0. The zero-order chi connectivity index (χ0) is 17.4. The molecule has 0 aliphatic carbocycles. The Balaban J connectivity index is 1.52. The van der Waals surface area contributed by atoms with Crippen LogP contribution >= 0.6 is 0 Å². The van der Waals surface area contributed by atoms with Crippen molar-refractivity contribution >= 4 is 5.69 Å². The zero-order valence-electron chi connectivity index (χ0n) is 14.2. The minimum Gasteiger partial charge on any atom is -0.471 e. The summed E-state index contributed by atoms with van der Waals surface area (Å²) in [4.78, 5) is 16.5. The second-order valence-corrected chi connectivity index (χ2v) is 6.87. The lowest BCUT2D eigenvalue weighted by atomic mass is 10.0. The Hall–Kier alpha value is -2.48. The number of hydrogen-bond donors (Lipinski definition) is 1. The van der Waals surface area contributed by atoms with Gasteiger partial charge in [0.05, 0.1) is 28.3 Å². The molecule has 0 amide bonds. The topological polar surface area (TPSA) is 87.5 Å². The van der Waals surface area contributed by atoms with Crippen LogP contribution in [0.25, 0.3) is 11.3 Å². The molecule has 0 radical (unpaired) electrons. The second kappa shape index (κ2) is 6.44. The molecule has 2 aliphatic rings. The van der Waals surface area contributed by atoms with Crippen molar-refractivity contribution in [2.24, 2.45) is 7.05 Å². The van der Waals surface area contributed by atoms with Crippen molar-refractivity contribution in [3.8, 4) is 17.1 Å². The highest BCUT2D eigenvalue weighted by Gasteiger charge is 2.43. The van der Waals surface area contributed by atoms with E-state index in [2.05, 4.69) is 10.1 Å². The maximum absolute atomic E-state index is 11.1. The Labute approximate surface area is 145 Å². The molecule has 2 aliphatic heterocycles. The lowest BCUT2D eigenvalue weighted by Gasteiger charge is -2.19. The highest BCUT2D eigenvalue weighted by molar-refractivity contribution is 5.67. The Kier molecular flexibility index (Phi) is 4.12. The first-order chi connectivity index (χ1) is 12.1. The number of rotatable bonds is 6. The molecule has 2 saturated heterocycles. The van der Waals surface area contributed by atoms with E-state index in [1.54, 1.807) is 28.9 Å². The Morgan fingerprint density at radius 1 is 1.36 bits per heavy atom. The van der Waals surface area contributed by atoms with Crippen LogP contribution in [0.5, 0.6) is 5.88 Å². The third-order valence-electron chi connectivity index (χ3n) is 5.55. The summed E-state index contributed by atoms with van der Waals surface area (Å²) in [6.07, 6.45) is 8.23. The average Bonchev–Trinajstić information content (AvgIpc) is 3.31. The van der Waals surface area contributed by atoms with Gasteiger partial charge in [0.15, 0.2) is 0 Å². The lowest BCUT2D eigenvalue weighted by molar-refractivity contribution is -0.922. The van der Waals surface area contributed by atoms with E-state index in [9.17, 15) is 10.1 Å². The fraction of sp³-hybridized carbons (Fsp3) is 0.529. The molecule has 8 heteroatoms. The van der Waals surface area contributed by atoms with Gasteiger partial charge in [-0.3, -0.25) is 14.8 Å². The van der Waals surface area contributed by atoms with E-state index in [1.165, 1.54) is 37.9 Å². The number of nitrogens with one attached hydrogen (secondary N) is 1. The van der Waals surface area contributed by atoms with E-state index in [0.717, 1.165) is 24.3 Å². The zero-order valence-corrected chi connectivity index (χ0v) is 14.2. The van der Waals surface area contributed by atoms with Gasteiger partial charge in [-0.15, -0.1) is 0 Å². The van der Waals surface area contributed by atoms with Crippen LogP contribution in [0.15, 0.2) is 24.5 Å². The van der Waals surface area contributed by atoms with Gasteiger partial charge in [0.1, 0.15) is 19.3 Å². The van der Waals surface area contributed by atoms with E-state index in [1.807, 2.05) is 0 Å². The van der Waals surface area contributed by atoms with Gasteiger partial charge in [-0.1, -0.05) is 0 Å². The quantitative estimate of drug-likeness (QED) is 0.623. The normalized spacial score (nSPS) is 24.6. The largest absolute Gasteiger partial charge is 0.471 e. The monoisotopic (exact) mass is 344 g/mol. The van der Waals surface area contributed by atoms with Gasteiger partial charge in [0, 0.05) is 45.0 Å². The summed E-state index contributed by atoms with van der Waals surface area (Å²) in [7, 11) is 1.80. The SMILES string of the molecule is Cn1nccc1-c1cc([N+](=O)[O-])cnc1OCC[NH+]1C2CCC1CC2. The number of nitrogens with zero attached hydrogens (tertiary/aromatic N) is 4. The van der Waals surface area contributed by atoms with E-state index < -0.39 is 4.92 Å². The molecule has 132 valence electrons.